The summed E-state index contributed by atoms with van der Waals surface area (Å²) in [5, 5.41) is 13.2. The lowest BCUT2D eigenvalue weighted by atomic mass is 9.71. The van der Waals surface area contributed by atoms with Crippen molar-refractivity contribution in [2.45, 2.75) is 72.5 Å². The van der Waals surface area contributed by atoms with Crippen molar-refractivity contribution in [1.29, 1.82) is 0 Å². The molecular formula is C14H29NO3. The van der Waals surface area contributed by atoms with Crippen LogP contribution >= 0.6 is 0 Å². The summed E-state index contributed by atoms with van der Waals surface area (Å²) < 4.78 is 5.18. The average Bonchev–Trinajstić information content (AvgIpc) is 2.23. The number of rotatable bonds is 5. The fourth-order valence-electron chi connectivity index (χ4n) is 1.98. The van der Waals surface area contributed by atoms with Crippen molar-refractivity contribution in [2.24, 2.45) is 5.41 Å². The molecule has 4 heteroatoms. The molecule has 0 unspecified atom stereocenters. The summed E-state index contributed by atoms with van der Waals surface area (Å²) in [6, 6.07) is 0. The highest BCUT2D eigenvalue weighted by atomic mass is 16.6. The molecule has 0 saturated carbocycles. The van der Waals surface area contributed by atoms with Crippen LogP contribution in [0, 0.1) is 5.41 Å². The van der Waals surface area contributed by atoms with E-state index in [0.717, 1.165) is 0 Å². The predicted molar refractivity (Wildman–Crippen MR) is 73.5 cm³/mol. The van der Waals surface area contributed by atoms with Gasteiger partial charge in [-0.15, -0.1) is 0 Å². The van der Waals surface area contributed by atoms with Crippen LogP contribution in [0.4, 0.5) is 4.79 Å². The average molecular weight is 259 g/mol. The fraction of sp³-hybridized carbons (Fsp3) is 0.929. The molecule has 0 bridgehead atoms. The summed E-state index contributed by atoms with van der Waals surface area (Å²) in [7, 11) is 0. The van der Waals surface area contributed by atoms with Crippen molar-refractivity contribution in [1.82, 2.24) is 5.32 Å². The first-order valence-corrected chi connectivity index (χ1v) is 6.66. The van der Waals surface area contributed by atoms with E-state index < -0.39 is 22.7 Å². The number of nitrogens with one attached hydrogen (secondary N) is 1. The Morgan fingerprint density at radius 2 is 1.56 bits per heavy atom. The first-order chi connectivity index (χ1) is 7.97. The molecule has 0 aliphatic rings. The summed E-state index contributed by atoms with van der Waals surface area (Å²) in [5.74, 6) is 0. The van der Waals surface area contributed by atoms with E-state index in [1.165, 1.54) is 0 Å². The SMILES string of the molecule is CCC(O)(CC)C(C)(C)CNC(=O)OC(C)(C)C. The Bertz CT molecular complexity index is 275. The Labute approximate surface area is 111 Å². The van der Waals surface area contributed by atoms with Crippen LogP contribution in [0.1, 0.15) is 61.3 Å². The Morgan fingerprint density at radius 3 is 1.89 bits per heavy atom. The van der Waals surface area contributed by atoms with Crippen molar-refractivity contribution in [3.63, 3.8) is 0 Å². The molecule has 1 amide bonds. The van der Waals surface area contributed by atoms with Crippen LogP contribution in [0.25, 0.3) is 0 Å². The molecule has 108 valence electrons. The van der Waals surface area contributed by atoms with Crippen LogP contribution in [0.3, 0.4) is 0 Å². The summed E-state index contributed by atoms with van der Waals surface area (Å²) in [6.45, 7) is 13.7. The number of alkyl carbamates (subject to hydrolysis) is 1. The summed E-state index contributed by atoms with van der Waals surface area (Å²) in [4.78, 5) is 11.6. The maximum Gasteiger partial charge on any atom is 0.407 e. The maximum atomic E-state index is 11.6. The highest BCUT2D eigenvalue weighted by Crippen LogP contribution is 2.35. The summed E-state index contributed by atoms with van der Waals surface area (Å²) in [5.41, 5.74) is -1.67. The van der Waals surface area contributed by atoms with Gasteiger partial charge in [-0.2, -0.15) is 0 Å². The Morgan fingerprint density at radius 1 is 1.11 bits per heavy atom. The van der Waals surface area contributed by atoms with Crippen LogP contribution in [-0.2, 0) is 4.74 Å². The van der Waals surface area contributed by atoms with E-state index in [4.69, 9.17) is 4.74 Å². The standard InChI is InChI=1S/C14H29NO3/c1-8-14(17,9-2)13(6,7)10-15-11(16)18-12(3,4)5/h17H,8-10H2,1-7H3,(H,15,16). The third-order valence-electron chi connectivity index (χ3n) is 3.50. The highest BCUT2D eigenvalue weighted by molar-refractivity contribution is 5.67. The van der Waals surface area contributed by atoms with Crippen LogP contribution in [0.5, 0.6) is 0 Å². The second kappa shape index (κ2) is 5.91. The molecule has 0 aromatic rings. The first-order valence-electron chi connectivity index (χ1n) is 6.66. The van der Waals surface area contributed by atoms with Gasteiger partial charge in [0.15, 0.2) is 0 Å². The summed E-state index contributed by atoms with van der Waals surface area (Å²) in [6.07, 6.45) is 0.879. The van der Waals surface area contributed by atoms with E-state index in [0.29, 0.717) is 19.4 Å². The van der Waals surface area contributed by atoms with Gasteiger partial charge in [0.1, 0.15) is 5.60 Å². The number of hydrogen-bond acceptors (Lipinski definition) is 3. The minimum Gasteiger partial charge on any atom is -0.444 e. The van der Waals surface area contributed by atoms with Crippen molar-refractivity contribution in [2.75, 3.05) is 6.54 Å². The van der Waals surface area contributed by atoms with Gasteiger partial charge < -0.3 is 15.2 Å². The maximum absolute atomic E-state index is 11.6. The topological polar surface area (TPSA) is 58.6 Å². The van der Waals surface area contributed by atoms with Crippen molar-refractivity contribution in [3.8, 4) is 0 Å². The molecule has 18 heavy (non-hydrogen) atoms. The number of carbonyl (C=O) groups excluding carboxylic acids is 1. The molecule has 0 aromatic carbocycles. The predicted octanol–water partition coefficient (Wildman–Crippen LogP) is 3.09. The Hall–Kier alpha value is -0.770. The van der Waals surface area contributed by atoms with E-state index in [9.17, 15) is 9.90 Å². The molecule has 0 saturated heterocycles. The molecule has 0 atom stereocenters. The van der Waals surface area contributed by atoms with Gasteiger partial charge in [0.25, 0.3) is 0 Å². The van der Waals surface area contributed by atoms with Crippen molar-refractivity contribution in [3.05, 3.63) is 0 Å². The van der Waals surface area contributed by atoms with E-state index in [1.807, 2.05) is 48.5 Å². The van der Waals surface area contributed by atoms with Crippen LogP contribution < -0.4 is 5.32 Å². The lowest BCUT2D eigenvalue weighted by Crippen LogP contribution is -2.50. The second-order valence-corrected chi connectivity index (χ2v) is 6.48. The fourth-order valence-corrected chi connectivity index (χ4v) is 1.98. The molecule has 0 aromatic heterocycles. The highest BCUT2D eigenvalue weighted by Gasteiger charge is 2.40. The first kappa shape index (κ1) is 17.2. The van der Waals surface area contributed by atoms with Gasteiger partial charge >= 0.3 is 6.09 Å². The molecular weight excluding hydrogens is 230 g/mol. The molecule has 2 N–H and O–H groups in total. The second-order valence-electron chi connectivity index (χ2n) is 6.48. The minimum atomic E-state index is -0.776. The van der Waals surface area contributed by atoms with E-state index >= 15 is 0 Å². The van der Waals surface area contributed by atoms with Crippen LogP contribution in [0.2, 0.25) is 0 Å². The van der Waals surface area contributed by atoms with E-state index in [2.05, 4.69) is 5.32 Å². The van der Waals surface area contributed by atoms with Gasteiger partial charge in [0.2, 0.25) is 0 Å². The van der Waals surface area contributed by atoms with Crippen LogP contribution in [-0.4, -0.2) is 28.9 Å². The zero-order valence-corrected chi connectivity index (χ0v) is 12.9. The number of amides is 1. The Balaban J connectivity index is 4.48. The zero-order chi connectivity index (χ0) is 14.6. The third kappa shape index (κ3) is 4.84. The monoisotopic (exact) mass is 259 g/mol. The smallest absolute Gasteiger partial charge is 0.407 e. The Kier molecular flexibility index (Phi) is 5.66. The number of hydrogen-bond donors (Lipinski definition) is 2. The molecule has 0 heterocycles. The molecule has 0 aliphatic carbocycles. The molecule has 0 rings (SSSR count). The van der Waals surface area contributed by atoms with E-state index in [1.54, 1.807) is 0 Å². The number of aliphatic hydroxyl groups is 1. The number of ether oxygens (including phenoxy) is 1. The van der Waals surface area contributed by atoms with Gasteiger partial charge in [-0.3, -0.25) is 0 Å². The molecule has 0 spiro atoms. The molecule has 0 aliphatic heterocycles. The molecule has 0 radical (unpaired) electrons. The molecule has 0 fully saturated rings. The largest absolute Gasteiger partial charge is 0.444 e. The summed E-state index contributed by atoms with van der Waals surface area (Å²) >= 11 is 0. The van der Waals surface area contributed by atoms with E-state index in [-0.39, 0.29) is 0 Å². The van der Waals surface area contributed by atoms with Crippen molar-refractivity contribution >= 4 is 6.09 Å². The van der Waals surface area contributed by atoms with Gasteiger partial charge in [-0.1, -0.05) is 27.7 Å². The van der Waals surface area contributed by atoms with Crippen LogP contribution in [0.15, 0.2) is 0 Å². The minimum absolute atomic E-state index is 0.389. The lowest BCUT2D eigenvalue weighted by Gasteiger charge is -2.42. The zero-order valence-electron chi connectivity index (χ0n) is 12.9. The third-order valence-corrected chi connectivity index (χ3v) is 3.50. The number of carbonyl (C=O) groups is 1. The van der Waals surface area contributed by atoms with Gasteiger partial charge in [-0.05, 0) is 33.6 Å². The normalized spacial score (nSPS) is 13.3. The lowest BCUT2D eigenvalue weighted by molar-refractivity contribution is -0.0721. The van der Waals surface area contributed by atoms with Gasteiger partial charge in [-0.25, -0.2) is 4.79 Å². The van der Waals surface area contributed by atoms with Gasteiger partial charge in [0.05, 0.1) is 5.60 Å². The quantitative estimate of drug-likeness (QED) is 0.797. The van der Waals surface area contributed by atoms with Gasteiger partial charge in [0, 0.05) is 12.0 Å². The molecule has 4 nitrogen and oxygen atoms in total. The van der Waals surface area contributed by atoms with Crippen molar-refractivity contribution < 1.29 is 14.6 Å².